The van der Waals surface area contributed by atoms with Gasteiger partial charge < -0.3 is 19.5 Å². The van der Waals surface area contributed by atoms with Crippen LogP contribution in [0.2, 0.25) is 0 Å². The fourth-order valence-electron chi connectivity index (χ4n) is 5.97. The first-order valence-corrected chi connectivity index (χ1v) is 13.9. The molecule has 1 N–H and O–H groups in total. The lowest BCUT2D eigenvalue weighted by atomic mass is 9.88. The first-order chi connectivity index (χ1) is 18.2. The van der Waals surface area contributed by atoms with Crippen molar-refractivity contribution in [2.45, 2.75) is 89.4 Å². The highest BCUT2D eigenvalue weighted by atomic mass is 16.5. The fraction of sp³-hybridized carbons (Fsp3) is 0.500. The molecule has 1 aromatic heterocycles. The summed E-state index contributed by atoms with van der Waals surface area (Å²) in [7, 11) is 0. The number of carbonyl (C=O) groups is 2. The van der Waals surface area contributed by atoms with Crippen LogP contribution in [0, 0.1) is 0 Å². The van der Waals surface area contributed by atoms with E-state index in [4.69, 9.17) is 9.72 Å². The van der Waals surface area contributed by atoms with Crippen molar-refractivity contribution in [2.75, 3.05) is 6.61 Å². The van der Waals surface area contributed by atoms with Gasteiger partial charge in [-0.15, -0.1) is 0 Å². The van der Waals surface area contributed by atoms with Gasteiger partial charge in [0, 0.05) is 12.1 Å². The van der Waals surface area contributed by atoms with E-state index in [9.17, 15) is 9.59 Å². The zero-order valence-electron chi connectivity index (χ0n) is 21.6. The topological polar surface area (TPSA) is 76.5 Å². The van der Waals surface area contributed by atoms with E-state index < -0.39 is 0 Å². The molecule has 0 spiro atoms. The Bertz CT molecular complexity index is 1160. The summed E-state index contributed by atoms with van der Waals surface area (Å²) >= 11 is 0. The zero-order valence-corrected chi connectivity index (χ0v) is 21.6. The maximum absolute atomic E-state index is 14.0. The average molecular weight is 503 g/mol. The van der Waals surface area contributed by atoms with Crippen LogP contribution < -0.4 is 10.1 Å². The van der Waals surface area contributed by atoms with Crippen molar-refractivity contribution in [1.29, 1.82) is 0 Å². The summed E-state index contributed by atoms with van der Waals surface area (Å²) in [4.78, 5) is 33.5. The third kappa shape index (κ3) is 6.32. The number of nitrogens with zero attached hydrogens (tertiary/aromatic N) is 3. The predicted molar refractivity (Wildman–Crippen MR) is 144 cm³/mol. The van der Waals surface area contributed by atoms with Gasteiger partial charge in [-0.25, -0.2) is 4.98 Å². The Morgan fingerprint density at radius 3 is 2.16 bits per heavy atom. The maximum atomic E-state index is 14.0. The molecule has 2 amide bonds. The Morgan fingerprint density at radius 1 is 0.865 bits per heavy atom. The van der Waals surface area contributed by atoms with Crippen LogP contribution in [0.25, 0.3) is 11.0 Å². The normalized spacial score (nSPS) is 17.0. The monoisotopic (exact) mass is 502 g/mol. The molecule has 0 saturated heterocycles. The molecule has 0 radical (unpaired) electrons. The van der Waals surface area contributed by atoms with Crippen molar-refractivity contribution in [2.24, 2.45) is 0 Å². The fourth-order valence-corrected chi connectivity index (χ4v) is 5.97. The highest BCUT2D eigenvalue weighted by Crippen LogP contribution is 2.31. The predicted octanol–water partition coefficient (Wildman–Crippen LogP) is 5.23. The van der Waals surface area contributed by atoms with Crippen molar-refractivity contribution < 1.29 is 14.3 Å². The lowest BCUT2D eigenvalue weighted by molar-refractivity contribution is -0.138. The molecule has 0 bridgehead atoms. The minimum Gasteiger partial charge on any atom is -0.484 e. The van der Waals surface area contributed by atoms with E-state index in [-0.39, 0.29) is 31.5 Å². The van der Waals surface area contributed by atoms with Crippen molar-refractivity contribution in [3.63, 3.8) is 0 Å². The van der Waals surface area contributed by atoms with E-state index in [2.05, 4.69) is 10.2 Å². The number of amides is 2. The second-order valence-electron chi connectivity index (χ2n) is 10.4. The largest absolute Gasteiger partial charge is 0.484 e. The van der Waals surface area contributed by atoms with Gasteiger partial charge in [0.05, 0.1) is 17.6 Å². The molecule has 196 valence electrons. The summed E-state index contributed by atoms with van der Waals surface area (Å²) in [5.74, 6) is 1.30. The first-order valence-electron chi connectivity index (χ1n) is 13.9. The Balaban J connectivity index is 1.31. The average Bonchev–Trinajstić information content (AvgIpc) is 3.29. The molecule has 1 heterocycles. The number of hydrogen-bond donors (Lipinski definition) is 1. The van der Waals surface area contributed by atoms with Crippen LogP contribution in [0.1, 0.15) is 70.0 Å². The molecule has 2 fully saturated rings. The Morgan fingerprint density at radius 2 is 1.49 bits per heavy atom. The molecule has 2 saturated carbocycles. The van der Waals surface area contributed by atoms with Gasteiger partial charge in [0.25, 0.3) is 5.91 Å². The molecule has 37 heavy (non-hydrogen) atoms. The number of fused-ring (bicyclic) bond motifs is 1. The van der Waals surface area contributed by atoms with Crippen LogP contribution in [0.4, 0.5) is 0 Å². The number of nitrogens with one attached hydrogen (secondary N) is 1. The number of imidazole rings is 1. The third-order valence-corrected chi connectivity index (χ3v) is 7.81. The van der Waals surface area contributed by atoms with Gasteiger partial charge in [0.2, 0.25) is 5.91 Å². The molecule has 2 aliphatic carbocycles. The zero-order chi connectivity index (χ0) is 25.5. The number of rotatable bonds is 9. The minimum atomic E-state index is -0.222. The number of para-hydroxylation sites is 3. The molecule has 2 aromatic carbocycles. The molecule has 0 atom stereocenters. The number of benzene rings is 2. The van der Waals surface area contributed by atoms with Crippen molar-refractivity contribution >= 4 is 22.8 Å². The third-order valence-electron chi connectivity index (χ3n) is 7.81. The standard InChI is InChI=1S/C30H38N4O3/c35-29(22-37-25-16-8-3-9-17-25)31-20-28-32-26-18-10-11-19-27(26)33(28)21-30(36)34(23-12-4-1-5-13-23)24-14-6-2-7-15-24/h3,8-11,16-19,23-24H,1-2,4-7,12-15,20-22H2,(H,31,35). The Hall–Kier alpha value is -3.35. The van der Waals surface area contributed by atoms with Gasteiger partial charge in [-0.05, 0) is 49.9 Å². The van der Waals surface area contributed by atoms with E-state index in [0.29, 0.717) is 23.7 Å². The van der Waals surface area contributed by atoms with Crippen molar-refractivity contribution in [3.8, 4) is 5.75 Å². The summed E-state index contributed by atoms with van der Waals surface area (Å²) in [5, 5.41) is 2.93. The van der Waals surface area contributed by atoms with E-state index in [0.717, 1.165) is 36.7 Å². The quantitative estimate of drug-likeness (QED) is 0.435. The van der Waals surface area contributed by atoms with Gasteiger partial charge in [-0.1, -0.05) is 68.9 Å². The van der Waals surface area contributed by atoms with Crippen LogP contribution >= 0.6 is 0 Å². The van der Waals surface area contributed by atoms with Crippen LogP contribution in [0.3, 0.4) is 0 Å². The summed E-state index contributed by atoms with van der Waals surface area (Å²) in [6, 6.07) is 17.9. The lowest BCUT2D eigenvalue weighted by Gasteiger charge is -2.42. The molecule has 7 heteroatoms. The maximum Gasteiger partial charge on any atom is 0.258 e. The highest BCUT2D eigenvalue weighted by molar-refractivity contribution is 5.82. The van der Waals surface area contributed by atoms with Crippen molar-refractivity contribution in [1.82, 2.24) is 19.8 Å². The minimum absolute atomic E-state index is 0.0691. The molecule has 0 aliphatic heterocycles. The van der Waals surface area contributed by atoms with Gasteiger partial charge in [0.1, 0.15) is 18.1 Å². The highest BCUT2D eigenvalue weighted by Gasteiger charge is 2.33. The number of carbonyl (C=O) groups excluding carboxylic acids is 2. The van der Waals surface area contributed by atoms with E-state index in [1.165, 1.54) is 38.5 Å². The molecular weight excluding hydrogens is 464 g/mol. The molecule has 5 rings (SSSR count). The number of aromatic nitrogens is 2. The summed E-state index contributed by atoms with van der Waals surface area (Å²) < 4.78 is 7.57. The van der Waals surface area contributed by atoms with E-state index in [1.54, 1.807) is 0 Å². The summed E-state index contributed by atoms with van der Waals surface area (Å²) in [6.45, 7) is 0.422. The number of hydrogen-bond acceptors (Lipinski definition) is 4. The SMILES string of the molecule is O=C(COc1ccccc1)NCc1nc2ccccc2n1CC(=O)N(C1CCCCC1)C1CCCCC1. The Labute approximate surface area is 219 Å². The lowest BCUT2D eigenvalue weighted by Crippen LogP contribution is -2.50. The molecule has 2 aliphatic rings. The van der Waals surface area contributed by atoms with Gasteiger partial charge >= 0.3 is 0 Å². The first kappa shape index (κ1) is 25.3. The Kier molecular flexibility index (Phi) is 8.39. The van der Waals surface area contributed by atoms with Crippen LogP contribution in [0.15, 0.2) is 54.6 Å². The second-order valence-corrected chi connectivity index (χ2v) is 10.4. The van der Waals surface area contributed by atoms with Crippen LogP contribution in [-0.2, 0) is 22.7 Å². The number of ether oxygens (including phenoxy) is 1. The van der Waals surface area contributed by atoms with Gasteiger partial charge in [-0.2, -0.15) is 0 Å². The molecule has 3 aromatic rings. The molecular formula is C30H38N4O3. The van der Waals surface area contributed by atoms with E-state index >= 15 is 0 Å². The van der Waals surface area contributed by atoms with Crippen molar-refractivity contribution in [3.05, 3.63) is 60.4 Å². The molecule has 7 nitrogen and oxygen atoms in total. The van der Waals surface area contributed by atoms with Crippen LogP contribution in [0.5, 0.6) is 5.75 Å². The smallest absolute Gasteiger partial charge is 0.258 e. The van der Waals surface area contributed by atoms with E-state index in [1.807, 2.05) is 59.2 Å². The summed E-state index contributed by atoms with van der Waals surface area (Å²) in [6.07, 6.45) is 11.8. The summed E-state index contributed by atoms with van der Waals surface area (Å²) in [5.41, 5.74) is 1.76. The van der Waals surface area contributed by atoms with Crippen LogP contribution in [-0.4, -0.2) is 45.0 Å². The molecule has 0 unspecified atom stereocenters. The van der Waals surface area contributed by atoms with Gasteiger partial charge in [-0.3, -0.25) is 9.59 Å². The van der Waals surface area contributed by atoms with Gasteiger partial charge in [0.15, 0.2) is 6.61 Å². The second kappa shape index (κ2) is 12.3.